The maximum Gasteiger partial charge on any atom is 0.337 e. The fourth-order valence-electron chi connectivity index (χ4n) is 2.05. The highest BCUT2D eigenvalue weighted by atomic mass is 79.9. The number of aromatic carboxylic acids is 1. The number of hydrogen-bond donors (Lipinski definition) is 3. The Kier molecular flexibility index (Phi) is 6.96. The molecule has 1 amide bonds. The molecule has 0 fully saturated rings. The Morgan fingerprint density at radius 2 is 2.00 bits per heavy atom. The van der Waals surface area contributed by atoms with Gasteiger partial charge in [0.1, 0.15) is 5.75 Å². The monoisotopic (exact) mass is 456 g/mol. The molecule has 0 bridgehead atoms. The molecule has 9 heteroatoms. The van der Waals surface area contributed by atoms with Crippen LogP contribution >= 0.6 is 39.7 Å². The van der Waals surface area contributed by atoms with Gasteiger partial charge < -0.3 is 15.2 Å². The Hall–Kier alpha value is -2.16. The van der Waals surface area contributed by atoms with Crippen LogP contribution in [0.4, 0.5) is 5.69 Å². The molecule has 3 N–H and O–H groups in total. The lowest BCUT2D eigenvalue weighted by Crippen LogP contribution is -2.34. The predicted octanol–water partition coefficient (Wildman–Crippen LogP) is 4.33. The minimum Gasteiger partial charge on any atom is -0.492 e. The third kappa shape index (κ3) is 5.17. The van der Waals surface area contributed by atoms with Gasteiger partial charge in [-0.05, 0) is 55.5 Å². The van der Waals surface area contributed by atoms with E-state index in [1.165, 1.54) is 12.1 Å². The van der Waals surface area contributed by atoms with Gasteiger partial charge in [0.25, 0.3) is 5.91 Å². The van der Waals surface area contributed by atoms with Gasteiger partial charge in [0.2, 0.25) is 0 Å². The maximum absolute atomic E-state index is 12.3. The molecule has 0 aliphatic heterocycles. The molecule has 0 aliphatic carbocycles. The molecule has 2 aromatic carbocycles. The van der Waals surface area contributed by atoms with Crippen molar-refractivity contribution in [1.29, 1.82) is 0 Å². The van der Waals surface area contributed by atoms with Crippen LogP contribution in [0.25, 0.3) is 0 Å². The van der Waals surface area contributed by atoms with Gasteiger partial charge >= 0.3 is 5.97 Å². The second-order valence-electron chi connectivity index (χ2n) is 4.98. The van der Waals surface area contributed by atoms with Gasteiger partial charge in [-0.15, -0.1) is 0 Å². The molecule has 6 nitrogen and oxygen atoms in total. The second-order valence-corrected chi connectivity index (χ2v) is 6.71. The van der Waals surface area contributed by atoms with Crippen LogP contribution in [0.5, 0.6) is 5.75 Å². The molecule has 0 spiro atoms. The third-order valence-corrected chi connectivity index (χ3v) is 4.17. The third-order valence-electron chi connectivity index (χ3n) is 3.18. The lowest BCUT2D eigenvalue weighted by atomic mass is 10.2. The Morgan fingerprint density at radius 3 is 2.62 bits per heavy atom. The van der Waals surface area contributed by atoms with Gasteiger partial charge in [-0.2, -0.15) is 0 Å². The standard InChI is InChI=1S/C17H14BrClN2O4S/c1-2-25-14-6-3-9(7-12(14)19)15(22)21-17(26)20-13-5-4-10(18)8-11(13)16(23)24/h3-8H,2H2,1H3,(H,23,24)(H2,20,21,22,26). The largest absolute Gasteiger partial charge is 0.492 e. The van der Waals surface area contributed by atoms with Crippen molar-refractivity contribution in [3.63, 3.8) is 0 Å². The summed E-state index contributed by atoms with van der Waals surface area (Å²) in [6.07, 6.45) is 0. The number of amides is 1. The SMILES string of the molecule is CCOc1ccc(C(=O)NC(=S)Nc2ccc(Br)cc2C(=O)O)cc1Cl. The van der Waals surface area contributed by atoms with Crippen molar-refractivity contribution in [3.05, 3.63) is 57.0 Å². The van der Waals surface area contributed by atoms with Crippen LogP contribution in [0.1, 0.15) is 27.6 Å². The molecule has 0 aliphatic rings. The van der Waals surface area contributed by atoms with Gasteiger partial charge in [0.05, 0.1) is 22.9 Å². The minimum absolute atomic E-state index is 0.0140. The average molecular weight is 458 g/mol. The highest BCUT2D eigenvalue weighted by Crippen LogP contribution is 2.25. The van der Waals surface area contributed by atoms with Crippen LogP contribution in [0.3, 0.4) is 0 Å². The number of carboxylic acid groups (broad SMARTS) is 1. The van der Waals surface area contributed by atoms with E-state index in [-0.39, 0.29) is 21.9 Å². The number of benzene rings is 2. The number of rotatable bonds is 5. The van der Waals surface area contributed by atoms with E-state index < -0.39 is 11.9 Å². The normalized spacial score (nSPS) is 10.1. The molecular weight excluding hydrogens is 444 g/mol. The molecule has 2 rings (SSSR count). The number of carboxylic acids is 1. The molecular formula is C17H14BrClN2O4S. The molecule has 26 heavy (non-hydrogen) atoms. The van der Waals surface area contributed by atoms with Crippen molar-refractivity contribution < 1.29 is 19.4 Å². The van der Waals surface area contributed by atoms with E-state index in [0.717, 1.165) is 0 Å². The smallest absolute Gasteiger partial charge is 0.337 e. The number of carbonyl (C=O) groups is 2. The van der Waals surface area contributed by atoms with E-state index in [9.17, 15) is 14.7 Å². The summed E-state index contributed by atoms with van der Waals surface area (Å²) in [6, 6.07) is 9.24. The number of ether oxygens (including phenoxy) is 1. The Labute approximate surface area is 168 Å². The molecule has 0 radical (unpaired) electrons. The first-order valence-corrected chi connectivity index (χ1v) is 8.97. The fourth-order valence-corrected chi connectivity index (χ4v) is 2.84. The maximum atomic E-state index is 12.3. The number of carbonyl (C=O) groups excluding carboxylic acids is 1. The molecule has 0 heterocycles. The molecule has 136 valence electrons. The summed E-state index contributed by atoms with van der Waals surface area (Å²) in [6.45, 7) is 2.28. The first kappa shape index (κ1) is 20.2. The van der Waals surface area contributed by atoms with Crippen LogP contribution in [0, 0.1) is 0 Å². The average Bonchev–Trinajstić information content (AvgIpc) is 2.58. The Morgan fingerprint density at radius 1 is 1.27 bits per heavy atom. The molecule has 0 saturated heterocycles. The molecule has 2 aromatic rings. The van der Waals surface area contributed by atoms with E-state index in [2.05, 4.69) is 26.6 Å². The Bertz CT molecular complexity index is 876. The topological polar surface area (TPSA) is 87.7 Å². The number of halogens is 2. The first-order valence-electron chi connectivity index (χ1n) is 7.39. The highest BCUT2D eigenvalue weighted by Gasteiger charge is 2.14. The fraction of sp³-hybridized carbons (Fsp3) is 0.118. The van der Waals surface area contributed by atoms with Crippen molar-refractivity contribution in [2.45, 2.75) is 6.92 Å². The number of thiocarbonyl (C=S) groups is 1. The highest BCUT2D eigenvalue weighted by molar-refractivity contribution is 9.10. The number of anilines is 1. The van der Waals surface area contributed by atoms with Crippen LogP contribution in [-0.4, -0.2) is 28.7 Å². The van der Waals surface area contributed by atoms with E-state index in [4.69, 9.17) is 28.6 Å². The molecule has 0 saturated carbocycles. The Balaban J connectivity index is 2.10. The van der Waals surface area contributed by atoms with Crippen LogP contribution in [0.15, 0.2) is 40.9 Å². The zero-order valence-electron chi connectivity index (χ0n) is 13.5. The van der Waals surface area contributed by atoms with Gasteiger partial charge in [-0.25, -0.2) is 4.79 Å². The zero-order chi connectivity index (χ0) is 19.3. The van der Waals surface area contributed by atoms with Gasteiger partial charge in [-0.3, -0.25) is 10.1 Å². The number of hydrogen-bond acceptors (Lipinski definition) is 4. The van der Waals surface area contributed by atoms with Gasteiger partial charge in [0.15, 0.2) is 5.11 Å². The van der Waals surface area contributed by atoms with Gasteiger partial charge in [-0.1, -0.05) is 27.5 Å². The van der Waals surface area contributed by atoms with E-state index >= 15 is 0 Å². The summed E-state index contributed by atoms with van der Waals surface area (Å²) in [4.78, 5) is 23.6. The van der Waals surface area contributed by atoms with Gasteiger partial charge in [0, 0.05) is 10.0 Å². The van der Waals surface area contributed by atoms with Crippen molar-refractivity contribution in [3.8, 4) is 5.75 Å². The summed E-state index contributed by atoms with van der Waals surface area (Å²) in [5.74, 6) is -1.13. The van der Waals surface area contributed by atoms with E-state index in [0.29, 0.717) is 21.9 Å². The van der Waals surface area contributed by atoms with Crippen molar-refractivity contribution in [2.75, 3.05) is 11.9 Å². The lowest BCUT2D eigenvalue weighted by Gasteiger charge is -2.12. The number of nitrogens with one attached hydrogen (secondary N) is 2. The van der Waals surface area contributed by atoms with Crippen molar-refractivity contribution in [2.24, 2.45) is 0 Å². The second kappa shape index (κ2) is 8.98. The van der Waals surface area contributed by atoms with E-state index in [1.807, 2.05) is 6.92 Å². The van der Waals surface area contributed by atoms with E-state index in [1.54, 1.807) is 24.3 Å². The molecule has 0 aromatic heterocycles. The zero-order valence-corrected chi connectivity index (χ0v) is 16.7. The summed E-state index contributed by atoms with van der Waals surface area (Å²) in [5, 5.41) is 14.7. The quantitative estimate of drug-likeness (QED) is 0.579. The minimum atomic E-state index is -1.12. The van der Waals surface area contributed by atoms with Crippen molar-refractivity contribution >= 4 is 62.4 Å². The summed E-state index contributed by atoms with van der Waals surface area (Å²) >= 11 is 14.4. The van der Waals surface area contributed by atoms with Crippen LogP contribution < -0.4 is 15.4 Å². The van der Waals surface area contributed by atoms with Crippen molar-refractivity contribution in [1.82, 2.24) is 5.32 Å². The predicted molar refractivity (Wildman–Crippen MR) is 107 cm³/mol. The summed E-state index contributed by atoms with van der Waals surface area (Å²) < 4.78 is 5.93. The molecule has 0 unspecified atom stereocenters. The summed E-state index contributed by atoms with van der Waals surface area (Å²) in [7, 11) is 0. The van der Waals surface area contributed by atoms with Crippen LogP contribution in [-0.2, 0) is 0 Å². The molecule has 0 atom stereocenters. The lowest BCUT2D eigenvalue weighted by molar-refractivity contribution is 0.0697. The summed E-state index contributed by atoms with van der Waals surface area (Å²) in [5.41, 5.74) is 0.563. The van der Waals surface area contributed by atoms with Crippen LogP contribution in [0.2, 0.25) is 5.02 Å². The first-order chi connectivity index (χ1) is 12.3.